The second-order valence-corrected chi connectivity index (χ2v) is 9.30. The first-order valence-electron chi connectivity index (χ1n) is 11.2. The number of nitrogens with one attached hydrogen (secondary N) is 1. The highest BCUT2D eigenvalue weighted by atomic mass is 16.5. The monoisotopic (exact) mass is 414 g/mol. The van der Waals surface area contributed by atoms with Gasteiger partial charge in [-0.3, -0.25) is 9.59 Å². The Balaban J connectivity index is 1.52. The standard InChI is InChI=1S/C24H34N2O4/c1-16(27)25-21-12-17-14-26(15-18(17)13-22(21)30-3)23(28)24(10-4-5-11-24)19-6-8-20(29-2)9-7-19/h6-9,17-18,21-22H,4-5,10-15H2,1-3H3,(H,25,27)/t17-,18+,21-,22-/m1/s1. The molecule has 0 bridgehead atoms. The topological polar surface area (TPSA) is 67.9 Å². The third-order valence-corrected chi connectivity index (χ3v) is 7.60. The van der Waals surface area contributed by atoms with E-state index in [9.17, 15) is 9.59 Å². The Labute approximate surface area is 179 Å². The number of carbonyl (C=O) groups excluding carboxylic acids is 2. The maximum atomic E-state index is 13.9. The summed E-state index contributed by atoms with van der Waals surface area (Å²) in [7, 11) is 3.38. The first-order chi connectivity index (χ1) is 14.5. The van der Waals surface area contributed by atoms with Crippen molar-refractivity contribution >= 4 is 11.8 Å². The molecule has 6 heteroatoms. The van der Waals surface area contributed by atoms with Crippen molar-refractivity contribution in [2.24, 2.45) is 11.8 Å². The first-order valence-corrected chi connectivity index (χ1v) is 11.2. The van der Waals surface area contributed by atoms with Crippen molar-refractivity contribution in [3.8, 4) is 5.75 Å². The van der Waals surface area contributed by atoms with E-state index in [1.165, 1.54) is 0 Å². The van der Waals surface area contributed by atoms with Crippen LogP contribution >= 0.6 is 0 Å². The highest BCUT2D eigenvalue weighted by Gasteiger charge is 2.50. The number of benzene rings is 1. The van der Waals surface area contributed by atoms with Crippen LogP contribution in [0.25, 0.3) is 0 Å². The van der Waals surface area contributed by atoms with Crippen molar-refractivity contribution in [3.05, 3.63) is 29.8 Å². The zero-order chi connectivity index (χ0) is 21.3. The van der Waals surface area contributed by atoms with E-state index in [1.807, 2.05) is 12.1 Å². The molecule has 4 rings (SSSR count). The Kier molecular flexibility index (Phi) is 6.05. The molecule has 0 unspecified atom stereocenters. The lowest BCUT2D eigenvalue weighted by molar-refractivity contribution is -0.136. The summed E-state index contributed by atoms with van der Waals surface area (Å²) in [5, 5.41) is 3.06. The molecule has 1 N–H and O–H groups in total. The second kappa shape index (κ2) is 8.58. The number of hydrogen-bond donors (Lipinski definition) is 1. The van der Waals surface area contributed by atoms with Crippen molar-refractivity contribution in [2.75, 3.05) is 27.3 Å². The molecule has 0 aromatic heterocycles. The van der Waals surface area contributed by atoms with E-state index >= 15 is 0 Å². The smallest absolute Gasteiger partial charge is 0.233 e. The molecule has 2 aliphatic carbocycles. The summed E-state index contributed by atoms with van der Waals surface area (Å²) >= 11 is 0. The number of rotatable bonds is 5. The van der Waals surface area contributed by atoms with Gasteiger partial charge in [0.2, 0.25) is 11.8 Å². The van der Waals surface area contributed by atoms with Crippen molar-refractivity contribution in [2.45, 2.75) is 63.0 Å². The number of carbonyl (C=O) groups is 2. The maximum Gasteiger partial charge on any atom is 0.233 e. The Hall–Kier alpha value is -2.08. The molecule has 2 saturated carbocycles. The quantitative estimate of drug-likeness (QED) is 0.805. The molecule has 4 atom stereocenters. The highest BCUT2D eigenvalue weighted by molar-refractivity contribution is 5.89. The van der Waals surface area contributed by atoms with Crippen LogP contribution in [0.1, 0.15) is 51.0 Å². The Morgan fingerprint density at radius 3 is 2.23 bits per heavy atom. The van der Waals surface area contributed by atoms with E-state index < -0.39 is 5.41 Å². The predicted molar refractivity (Wildman–Crippen MR) is 114 cm³/mol. The van der Waals surface area contributed by atoms with Crippen molar-refractivity contribution in [1.29, 1.82) is 0 Å². The molecule has 2 amide bonds. The van der Waals surface area contributed by atoms with Crippen LogP contribution in [-0.4, -0.2) is 56.2 Å². The van der Waals surface area contributed by atoms with Gasteiger partial charge < -0.3 is 19.7 Å². The van der Waals surface area contributed by atoms with Crippen LogP contribution in [0.4, 0.5) is 0 Å². The zero-order valence-electron chi connectivity index (χ0n) is 18.4. The Bertz CT molecular complexity index is 772. The summed E-state index contributed by atoms with van der Waals surface area (Å²) in [6, 6.07) is 8.10. The number of methoxy groups -OCH3 is 2. The van der Waals surface area contributed by atoms with Crippen LogP contribution in [0.3, 0.4) is 0 Å². The average molecular weight is 415 g/mol. The van der Waals surface area contributed by atoms with E-state index in [0.29, 0.717) is 11.8 Å². The van der Waals surface area contributed by atoms with Crippen molar-refractivity contribution in [1.82, 2.24) is 10.2 Å². The number of ether oxygens (including phenoxy) is 2. The van der Waals surface area contributed by atoms with Gasteiger partial charge in [-0.1, -0.05) is 25.0 Å². The van der Waals surface area contributed by atoms with E-state index in [4.69, 9.17) is 9.47 Å². The Morgan fingerprint density at radius 2 is 1.67 bits per heavy atom. The van der Waals surface area contributed by atoms with Crippen LogP contribution in [0.15, 0.2) is 24.3 Å². The minimum atomic E-state index is -0.405. The van der Waals surface area contributed by atoms with Gasteiger partial charge in [-0.05, 0) is 55.2 Å². The van der Waals surface area contributed by atoms with Gasteiger partial charge in [0.15, 0.2) is 0 Å². The minimum Gasteiger partial charge on any atom is -0.497 e. The molecule has 164 valence electrons. The summed E-state index contributed by atoms with van der Waals surface area (Å²) in [6.07, 6.45) is 5.81. The predicted octanol–water partition coefficient (Wildman–Crippen LogP) is 2.90. The number of likely N-dealkylation sites (tertiary alicyclic amines) is 1. The lowest BCUT2D eigenvalue weighted by atomic mass is 9.77. The van der Waals surface area contributed by atoms with Gasteiger partial charge >= 0.3 is 0 Å². The Morgan fingerprint density at radius 1 is 1.03 bits per heavy atom. The largest absolute Gasteiger partial charge is 0.497 e. The van der Waals surface area contributed by atoms with Crippen LogP contribution in [0, 0.1) is 11.8 Å². The summed E-state index contributed by atoms with van der Waals surface area (Å²) in [5.41, 5.74) is 0.712. The molecule has 6 nitrogen and oxygen atoms in total. The molecule has 3 fully saturated rings. The molecule has 0 spiro atoms. The third kappa shape index (κ3) is 3.82. The zero-order valence-corrected chi connectivity index (χ0v) is 18.4. The number of hydrogen-bond acceptors (Lipinski definition) is 4. The molecule has 1 saturated heterocycles. The lowest BCUT2D eigenvalue weighted by Gasteiger charge is -2.37. The molecular weight excluding hydrogens is 380 g/mol. The number of amides is 2. The fraction of sp³-hybridized carbons (Fsp3) is 0.667. The second-order valence-electron chi connectivity index (χ2n) is 9.30. The van der Waals surface area contributed by atoms with E-state index in [-0.39, 0.29) is 24.0 Å². The van der Waals surface area contributed by atoms with E-state index in [0.717, 1.165) is 62.9 Å². The normalized spacial score (nSPS) is 30.0. The molecule has 1 aliphatic heterocycles. The average Bonchev–Trinajstić information content (AvgIpc) is 3.40. The summed E-state index contributed by atoms with van der Waals surface area (Å²) in [5.74, 6) is 1.95. The van der Waals surface area contributed by atoms with Crippen molar-refractivity contribution in [3.63, 3.8) is 0 Å². The molecule has 1 aromatic carbocycles. The first kappa shape index (κ1) is 21.2. The lowest BCUT2D eigenvalue weighted by Crippen LogP contribution is -2.49. The van der Waals surface area contributed by atoms with Gasteiger partial charge in [0.25, 0.3) is 0 Å². The number of fused-ring (bicyclic) bond motifs is 1. The van der Waals surface area contributed by atoms with Crippen LogP contribution in [-0.2, 0) is 19.7 Å². The fourth-order valence-electron chi connectivity index (χ4n) is 6.07. The fourth-order valence-corrected chi connectivity index (χ4v) is 6.07. The van der Waals surface area contributed by atoms with E-state index in [1.54, 1.807) is 21.1 Å². The van der Waals surface area contributed by atoms with Gasteiger partial charge in [-0.25, -0.2) is 0 Å². The molecule has 3 aliphatic rings. The van der Waals surface area contributed by atoms with Crippen molar-refractivity contribution < 1.29 is 19.1 Å². The summed E-state index contributed by atoms with van der Waals surface area (Å²) in [4.78, 5) is 27.6. The summed E-state index contributed by atoms with van der Waals surface area (Å²) < 4.78 is 11.0. The van der Waals surface area contributed by atoms with Crippen LogP contribution in [0.5, 0.6) is 5.75 Å². The van der Waals surface area contributed by atoms with Crippen LogP contribution in [0.2, 0.25) is 0 Å². The highest BCUT2D eigenvalue weighted by Crippen LogP contribution is 2.45. The molecule has 0 radical (unpaired) electrons. The van der Waals surface area contributed by atoms with Gasteiger partial charge in [0.1, 0.15) is 5.75 Å². The van der Waals surface area contributed by atoms with E-state index in [2.05, 4.69) is 22.3 Å². The van der Waals surface area contributed by atoms with Crippen LogP contribution < -0.4 is 10.1 Å². The molecule has 30 heavy (non-hydrogen) atoms. The third-order valence-electron chi connectivity index (χ3n) is 7.60. The number of nitrogens with zero attached hydrogens (tertiary/aromatic N) is 1. The minimum absolute atomic E-state index is 0.0177. The molecule has 1 heterocycles. The maximum absolute atomic E-state index is 13.9. The molecular formula is C24H34N2O4. The molecule has 1 aromatic rings. The van der Waals surface area contributed by atoms with Gasteiger partial charge in [-0.15, -0.1) is 0 Å². The van der Waals surface area contributed by atoms with Gasteiger partial charge in [0.05, 0.1) is 24.7 Å². The van der Waals surface area contributed by atoms with Gasteiger partial charge in [0, 0.05) is 27.1 Å². The van der Waals surface area contributed by atoms with Gasteiger partial charge in [-0.2, -0.15) is 0 Å². The SMILES string of the molecule is COc1ccc(C2(C(=O)N3C[C@H]4C[C@@H](NC(C)=O)[C@H](OC)C[C@H]4C3)CCCC2)cc1. The summed E-state index contributed by atoms with van der Waals surface area (Å²) in [6.45, 7) is 3.14.